The zero-order valence-electron chi connectivity index (χ0n) is 16.5. The van der Waals surface area contributed by atoms with E-state index in [1.54, 1.807) is 0 Å². The molecule has 0 spiro atoms. The van der Waals surface area contributed by atoms with Crippen LogP contribution in [0.4, 0.5) is 13.2 Å². The van der Waals surface area contributed by atoms with Crippen LogP contribution < -0.4 is 5.56 Å². The number of halogens is 5. The summed E-state index contributed by atoms with van der Waals surface area (Å²) in [5.41, 5.74) is -2.51. The molecule has 0 saturated heterocycles. The number of carbonyl (C=O) groups is 1. The molecule has 3 aromatic carbocycles. The van der Waals surface area contributed by atoms with Crippen LogP contribution in [0.3, 0.4) is 0 Å². The highest BCUT2D eigenvalue weighted by Gasteiger charge is 2.33. The van der Waals surface area contributed by atoms with Gasteiger partial charge in [-0.2, -0.15) is 13.2 Å². The monoisotopic (exact) mass is 492 g/mol. The molecular formula is C23H13Cl2F3N2O3. The van der Waals surface area contributed by atoms with Crippen LogP contribution in [-0.2, 0) is 6.18 Å². The number of hydrogen-bond acceptors (Lipinski definition) is 3. The van der Waals surface area contributed by atoms with Gasteiger partial charge in [-0.05, 0) is 60.7 Å². The Balaban J connectivity index is 1.96. The second kappa shape index (κ2) is 8.46. The van der Waals surface area contributed by atoms with Gasteiger partial charge in [-0.15, -0.1) is 0 Å². The van der Waals surface area contributed by atoms with Gasteiger partial charge in [0.05, 0.1) is 16.9 Å². The van der Waals surface area contributed by atoms with Gasteiger partial charge in [0.15, 0.2) is 5.56 Å². The molecular weight excluding hydrogens is 480 g/mol. The van der Waals surface area contributed by atoms with E-state index in [4.69, 9.17) is 23.2 Å². The van der Waals surface area contributed by atoms with Crippen LogP contribution >= 0.6 is 23.2 Å². The molecule has 1 heterocycles. The predicted octanol–water partition coefficient (Wildman–Crippen LogP) is 5.89. The highest BCUT2D eigenvalue weighted by Crippen LogP contribution is 2.31. The molecule has 0 unspecified atom stereocenters. The summed E-state index contributed by atoms with van der Waals surface area (Å²) in [6, 6.07) is 15.7. The first-order chi connectivity index (χ1) is 15.6. The Morgan fingerprint density at radius 1 is 0.818 bits per heavy atom. The Morgan fingerprint density at radius 2 is 1.33 bits per heavy atom. The number of benzene rings is 3. The lowest BCUT2D eigenvalue weighted by Crippen LogP contribution is -2.23. The van der Waals surface area contributed by atoms with E-state index >= 15 is 0 Å². The Morgan fingerprint density at radius 3 is 1.85 bits per heavy atom. The van der Waals surface area contributed by atoms with Crippen LogP contribution in [0.25, 0.3) is 11.4 Å². The van der Waals surface area contributed by atoms with Gasteiger partial charge in [0.1, 0.15) is 0 Å². The summed E-state index contributed by atoms with van der Waals surface area (Å²) in [5.74, 6) is -1.79. The molecule has 0 fully saturated rings. The zero-order chi connectivity index (χ0) is 23.9. The van der Waals surface area contributed by atoms with Gasteiger partial charge in [0.2, 0.25) is 11.7 Å². The van der Waals surface area contributed by atoms with Crippen molar-refractivity contribution in [2.45, 2.75) is 6.18 Å². The largest absolute Gasteiger partial charge is 0.493 e. The number of carbonyl (C=O) groups excluding carboxylic acids is 1. The second-order valence-electron chi connectivity index (χ2n) is 6.99. The quantitative estimate of drug-likeness (QED) is 0.361. The van der Waals surface area contributed by atoms with Crippen LogP contribution in [0.5, 0.6) is 5.88 Å². The summed E-state index contributed by atoms with van der Waals surface area (Å²) in [6.45, 7) is 0. The third-order valence-electron chi connectivity index (χ3n) is 4.85. The molecule has 0 bridgehead atoms. The summed E-state index contributed by atoms with van der Waals surface area (Å²) in [7, 11) is 0. The lowest BCUT2D eigenvalue weighted by Gasteiger charge is -2.12. The Labute approximate surface area is 194 Å². The van der Waals surface area contributed by atoms with E-state index in [-0.39, 0.29) is 11.4 Å². The Kier molecular flexibility index (Phi) is 5.82. The third kappa shape index (κ3) is 4.27. The molecule has 0 atom stereocenters. The van der Waals surface area contributed by atoms with Crippen LogP contribution in [0, 0.1) is 0 Å². The normalized spacial score (nSPS) is 11.5. The van der Waals surface area contributed by atoms with Crippen molar-refractivity contribution >= 4 is 29.0 Å². The summed E-state index contributed by atoms with van der Waals surface area (Å²) in [4.78, 5) is 26.4. The molecule has 4 aromatic rings. The number of nitrogens with zero attached hydrogens (tertiary/aromatic N) is 2. The molecule has 10 heteroatoms. The molecule has 0 saturated carbocycles. The van der Waals surface area contributed by atoms with Crippen molar-refractivity contribution in [3.05, 3.63) is 110 Å². The SMILES string of the molecule is O=C(c1cccc(C(F)(F)F)c1)c1c(O)n(-c2ccc(Cl)cc2)n(-c2ccc(Cl)cc2)c1=O. The third-order valence-corrected chi connectivity index (χ3v) is 5.36. The van der Waals surface area contributed by atoms with E-state index in [0.29, 0.717) is 16.1 Å². The maximum atomic E-state index is 13.3. The first-order valence-corrected chi connectivity index (χ1v) is 10.1. The predicted molar refractivity (Wildman–Crippen MR) is 118 cm³/mol. The minimum absolute atomic E-state index is 0.262. The maximum Gasteiger partial charge on any atom is 0.416 e. The van der Waals surface area contributed by atoms with E-state index < -0.39 is 40.1 Å². The van der Waals surface area contributed by atoms with Crippen LogP contribution in [0.2, 0.25) is 10.0 Å². The van der Waals surface area contributed by atoms with Crippen molar-refractivity contribution in [3.63, 3.8) is 0 Å². The molecule has 1 aromatic heterocycles. The molecule has 4 rings (SSSR count). The molecule has 0 aliphatic heterocycles. The van der Waals surface area contributed by atoms with Crippen molar-refractivity contribution in [3.8, 4) is 17.3 Å². The molecule has 5 nitrogen and oxygen atoms in total. The van der Waals surface area contributed by atoms with E-state index in [1.165, 1.54) is 48.5 Å². The lowest BCUT2D eigenvalue weighted by atomic mass is 10.0. The van der Waals surface area contributed by atoms with E-state index in [0.717, 1.165) is 27.6 Å². The van der Waals surface area contributed by atoms with Crippen LogP contribution in [0.1, 0.15) is 21.5 Å². The lowest BCUT2D eigenvalue weighted by molar-refractivity contribution is -0.137. The summed E-state index contributed by atoms with van der Waals surface area (Å²) in [6.07, 6.45) is -4.68. The molecule has 168 valence electrons. The van der Waals surface area contributed by atoms with Gasteiger partial charge < -0.3 is 5.11 Å². The topological polar surface area (TPSA) is 64.2 Å². The van der Waals surface area contributed by atoms with E-state index in [9.17, 15) is 27.9 Å². The molecule has 0 amide bonds. The fourth-order valence-electron chi connectivity index (χ4n) is 3.31. The van der Waals surface area contributed by atoms with Crippen molar-refractivity contribution < 1.29 is 23.1 Å². The Hall–Kier alpha value is -3.49. The summed E-state index contributed by atoms with van der Waals surface area (Å²) in [5, 5.41) is 11.7. The number of aromatic nitrogens is 2. The minimum Gasteiger partial charge on any atom is -0.493 e. The van der Waals surface area contributed by atoms with Crippen molar-refractivity contribution in [2.24, 2.45) is 0 Å². The standard InChI is InChI=1S/C23H13Cl2F3N2O3/c24-15-4-8-17(9-5-15)29-21(32)19(22(33)30(29)18-10-6-16(25)7-11-18)20(31)13-2-1-3-14(12-13)23(26,27)28/h1-12,32H. The fourth-order valence-corrected chi connectivity index (χ4v) is 3.56. The van der Waals surface area contributed by atoms with Crippen molar-refractivity contribution in [1.29, 1.82) is 0 Å². The fraction of sp³-hybridized carbons (Fsp3) is 0.0435. The minimum atomic E-state index is -4.68. The summed E-state index contributed by atoms with van der Waals surface area (Å²) < 4.78 is 41.4. The van der Waals surface area contributed by atoms with Gasteiger partial charge in [0.25, 0.3) is 5.56 Å². The van der Waals surface area contributed by atoms with Crippen LogP contribution in [0.15, 0.2) is 77.6 Å². The number of rotatable bonds is 4. The number of alkyl halides is 3. The maximum absolute atomic E-state index is 13.3. The summed E-state index contributed by atoms with van der Waals surface area (Å²) >= 11 is 11.9. The smallest absolute Gasteiger partial charge is 0.416 e. The highest BCUT2D eigenvalue weighted by atomic mass is 35.5. The van der Waals surface area contributed by atoms with Gasteiger partial charge in [0, 0.05) is 15.6 Å². The van der Waals surface area contributed by atoms with Gasteiger partial charge in [-0.25, -0.2) is 9.36 Å². The van der Waals surface area contributed by atoms with Crippen molar-refractivity contribution in [1.82, 2.24) is 9.36 Å². The first-order valence-electron chi connectivity index (χ1n) is 9.39. The number of ketones is 1. The average Bonchev–Trinajstić information content (AvgIpc) is 3.04. The molecule has 33 heavy (non-hydrogen) atoms. The average molecular weight is 493 g/mol. The molecule has 0 aliphatic carbocycles. The van der Waals surface area contributed by atoms with E-state index in [1.807, 2.05) is 0 Å². The van der Waals surface area contributed by atoms with Gasteiger partial charge in [-0.1, -0.05) is 35.3 Å². The highest BCUT2D eigenvalue weighted by molar-refractivity contribution is 6.30. The first kappa shape index (κ1) is 22.7. The molecule has 1 N–H and O–H groups in total. The van der Waals surface area contributed by atoms with Gasteiger partial charge in [-0.3, -0.25) is 9.59 Å². The number of aromatic hydroxyl groups is 1. The van der Waals surface area contributed by atoms with Gasteiger partial charge >= 0.3 is 6.18 Å². The Bertz CT molecular complexity index is 1410. The molecule has 0 aliphatic rings. The number of hydrogen-bond donors (Lipinski definition) is 1. The zero-order valence-corrected chi connectivity index (χ0v) is 18.0. The van der Waals surface area contributed by atoms with E-state index in [2.05, 4.69) is 0 Å². The molecule has 0 radical (unpaired) electrons. The second-order valence-corrected chi connectivity index (χ2v) is 7.86. The van der Waals surface area contributed by atoms with Crippen molar-refractivity contribution in [2.75, 3.05) is 0 Å². The van der Waals surface area contributed by atoms with Crippen LogP contribution in [-0.4, -0.2) is 20.3 Å².